The van der Waals surface area contributed by atoms with Gasteiger partial charge in [-0.1, -0.05) is 6.07 Å². The van der Waals surface area contributed by atoms with E-state index in [1.54, 1.807) is 18.0 Å². The lowest BCUT2D eigenvalue weighted by Crippen LogP contribution is -2.30. The minimum atomic E-state index is -2.97. The molecule has 0 aromatic heterocycles. The fourth-order valence-electron chi connectivity index (χ4n) is 2.70. The molecule has 162 valence electrons. The van der Waals surface area contributed by atoms with Crippen LogP contribution in [0.25, 0.3) is 0 Å². The van der Waals surface area contributed by atoms with Gasteiger partial charge in [0, 0.05) is 6.54 Å². The zero-order valence-corrected chi connectivity index (χ0v) is 16.6. The van der Waals surface area contributed by atoms with Gasteiger partial charge in [0.05, 0.1) is 31.8 Å². The van der Waals surface area contributed by atoms with E-state index in [1.165, 1.54) is 44.6 Å². The zero-order chi connectivity index (χ0) is 22.3. The second-order valence-electron chi connectivity index (χ2n) is 6.22. The average Bonchev–Trinajstić information content (AvgIpc) is 2.68. The predicted molar refractivity (Wildman–Crippen MR) is 104 cm³/mol. The maximum atomic E-state index is 12.4. The van der Waals surface area contributed by atoms with Crippen LogP contribution in [-0.4, -0.2) is 50.2 Å². The molecule has 0 aliphatic heterocycles. The van der Waals surface area contributed by atoms with Gasteiger partial charge in [-0.05, 0) is 36.9 Å². The maximum Gasteiger partial charge on any atom is 0.387 e. The monoisotopic (exact) mass is 425 g/mol. The highest BCUT2D eigenvalue weighted by Crippen LogP contribution is 2.30. The molecule has 0 saturated carbocycles. The Morgan fingerprint density at radius 3 is 2.50 bits per heavy atom. The number of likely N-dealkylation sites (N-methyl/N-ethyl adjacent to an activating group) is 1. The van der Waals surface area contributed by atoms with Crippen molar-refractivity contribution in [3.05, 3.63) is 52.1 Å². The van der Waals surface area contributed by atoms with Crippen LogP contribution in [0, 0.1) is 10.1 Å². The molecule has 0 aliphatic carbocycles. The lowest BCUT2D eigenvalue weighted by Gasteiger charge is -2.18. The van der Waals surface area contributed by atoms with E-state index in [1.807, 2.05) is 0 Å². The molecule has 30 heavy (non-hydrogen) atoms. The van der Waals surface area contributed by atoms with Gasteiger partial charge in [-0.15, -0.1) is 0 Å². The first-order chi connectivity index (χ1) is 14.2. The second-order valence-corrected chi connectivity index (χ2v) is 6.22. The molecule has 0 saturated heterocycles. The minimum Gasteiger partial charge on any atom is -0.496 e. The molecule has 1 N–H and O–H groups in total. The van der Waals surface area contributed by atoms with Crippen LogP contribution < -0.4 is 19.5 Å². The molecular formula is C19H21F2N3O6. The van der Waals surface area contributed by atoms with Crippen molar-refractivity contribution in [2.75, 3.05) is 33.1 Å². The fourth-order valence-corrected chi connectivity index (χ4v) is 2.70. The Balaban J connectivity index is 2.02. The molecule has 0 unspecified atom stereocenters. The van der Waals surface area contributed by atoms with Crippen molar-refractivity contribution in [1.29, 1.82) is 0 Å². The number of carbonyl (C=O) groups excluding carboxylic acids is 1. The summed E-state index contributed by atoms with van der Waals surface area (Å²) < 4.78 is 39.2. The number of hydrogen-bond donors (Lipinski definition) is 1. The van der Waals surface area contributed by atoms with E-state index in [2.05, 4.69) is 10.1 Å². The first-order valence-electron chi connectivity index (χ1n) is 8.66. The SMILES string of the molecule is COc1ccc(NC(=O)CN(C)Cc2ccc(OC(F)F)c(OC)c2)c([N+](=O)[O-])c1. The lowest BCUT2D eigenvalue weighted by molar-refractivity contribution is -0.384. The summed E-state index contributed by atoms with van der Waals surface area (Å²) in [5.41, 5.74) is 0.457. The standard InChI is InChI=1S/C19H21F2N3O6/c1-23(10-12-4-7-16(30-19(20)21)17(8-12)29-3)11-18(25)22-14-6-5-13(28-2)9-15(14)24(26)27/h4-9,19H,10-11H2,1-3H3,(H,22,25). The van der Waals surface area contributed by atoms with Gasteiger partial charge in [0.2, 0.25) is 5.91 Å². The third-order valence-corrected chi connectivity index (χ3v) is 3.99. The number of rotatable bonds is 10. The summed E-state index contributed by atoms with van der Waals surface area (Å²) >= 11 is 0. The van der Waals surface area contributed by atoms with Gasteiger partial charge in [0.25, 0.3) is 5.69 Å². The Hall–Kier alpha value is -3.47. The summed E-state index contributed by atoms with van der Waals surface area (Å²) in [5.74, 6) is -0.122. The number of nitrogens with zero attached hydrogens (tertiary/aromatic N) is 2. The topological polar surface area (TPSA) is 103 Å². The molecule has 0 atom stereocenters. The third kappa shape index (κ3) is 6.27. The first-order valence-corrected chi connectivity index (χ1v) is 8.66. The number of halogens is 2. The first kappa shape index (κ1) is 22.8. The number of nitro groups is 1. The van der Waals surface area contributed by atoms with Crippen LogP contribution in [0.3, 0.4) is 0 Å². The summed E-state index contributed by atoms with van der Waals surface area (Å²) in [6.07, 6.45) is 0. The van der Waals surface area contributed by atoms with Crippen LogP contribution in [-0.2, 0) is 11.3 Å². The van der Waals surface area contributed by atoms with Crippen LogP contribution in [0.5, 0.6) is 17.2 Å². The van der Waals surface area contributed by atoms with E-state index in [-0.39, 0.29) is 29.4 Å². The van der Waals surface area contributed by atoms with E-state index in [0.29, 0.717) is 17.9 Å². The molecule has 0 aliphatic rings. The fraction of sp³-hybridized carbons (Fsp3) is 0.316. The molecule has 0 heterocycles. The number of nitrogens with one attached hydrogen (secondary N) is 1. The van der Waals surface area contributed by atoms with Gasteiger partial charge >= 0.3 is 6.61 Å². The Labute approximate surface area is 171 Å². The van der Waals surface area contributed by atoms with E-state index in [0.717, 1.165) is 0 Å². The van der Waals surface area contributed by atoms with E-state index in [9.17, 15) is 23.7 Å². The number of benzene rings is 2. The van der Waals surface area contributed by atoms with E-state index >= 15 is 0 Å². The Bertz CT molecular complexity index is 910. The zero-order valence-electron chi connectivity index (χ0n) is 16.6. The Kier molecular flexibility index (Phi) is 7.87. The molecule has 2 aromatic rings. The smallest absolute Gasteiger partial charge is 0.387 e. The van der Waals surface area contributed by atoms with Gasteiger partial charge in [-0.2, -0.15) is 8.78 Å². The summed E-state index contributed by atoms with van der Waals surface area (Å²) in [4.78, 5) is 24.5. The van der Waals surface area contributed by atoms with E-state index < -0.39 is 17.4 Å². The Morgan fingerprint density at radius 1 is 1.17 bits per heavy atom. The van der Waals surface area contributed by atoms with Gasteiger partial charge in [-0.3, -0.25) is 19.8 Å². The van der Waals surface area contributed by atoms with Gasteiger partial charge in [-0.25, -0.2) is 0 Å². The third-order valence-electron chi connectivity index (χ3n) is 3.99. The van der Waals surface area contributed by atoms with Gasteiger partial charge in [0.1, 0.15) is 11.4 Å². The van der Waals surface area contributed by atoms with Crippen molar-refractivity contribution in [1.82, 2.24) is 4.90 Å². The molecule has 0 radical (unpaired) electrons. The predicted octanol–water partition coefficient (Wildman–Crippen LogP) is 3.28. The molecule has 2 aromatic carbocycles. The van der Waals surface area contributed by atoms with Gasteiger partial charge in [0.15, 0.2) is 11.5 Å². The van der Waals surface area contributed by atoms with Crippen LogP contribution >= 0.6 is 0 Å². The lowest BCUT2D eigenvalue weighted by atomic mass is 10.2. The van der Waals surface area contributed by atoms with E-state index in [4.69, 9.17) is 9.47 Å². The molecule has 2 rings (SSSR count). The quantitative estimate of drug-likeness (QED) is 0.460. The number of hydrogen-bond acceptors (Lipinski definition) is 7. The molecular weight excluding hydrogens is 404 g/mol. The molecule has 11 heteroatoms. The Morgan fingerprint density at radius 2 is 1.90 bits per heavy atom. The summed E-state index contributed by atoms with van der Waals surface area (Å²) in [5, 5.41) is 13.7. The van der Waals surface area contributed by atoms with Crippen LogP contribution in [0.15, 0.2) is 36.4 Å². The number of carbonyl (C=O) groups is 1. The van der Waals surface area contributed by atoms with Crippen LogP contribution in [0.2, 0.25) is 0 Å². The van der Waals surface area contributed by atoms with Crippen molar-refractivity contribution >= 4 is 17.3 Å². The highest BCUT2D eigenvalue weighted by Gasteiger charge is 2.18. The van der Waals surface area contributed by atoms with Crippen molar-refractivity contribution in [2.45, 2.75) is 13.2 Å². The van der Waals surface area contributed by atoms with Crippen molar-refractivity contribution < 1.29 is 32.7 Å². The van der Waals surface area contributed by atoms with Crippen molar-refractivity contribution in [3.8, 4) is 17.2 Å². The second kappa shape index (κ2) is 10.3. The summed E-state index contributed by atoms with van der Waals surface area (Å²) in [7, 11) is 4.38. The number of methoxy groups -OCH3 is 2. The summed E-state index contributed by atoms with van der Waals surface area (Å²) in [6, 6.07) is 8.57. The molecule has 1 amide bonds. The minimum absolute atomic E-state index is 0.0503. The number of nitro benzene ring substituents is 1. The largest absolute Gasteiger partial charge is 0.496 e. The molecule has 9 nitrogen and oxygen atoms in total. The van der Waals surface area contributed by atoms with Crippen LogP contribution in [0.4, 0.5) is 20.2 Å². The normalized spacial score (nSPS) is 10.8. The maximum absolute atomic E-state index is 12.4. The molecule has 0 fully saturated rings. The van der Waals surface area contributed by atoms with Crippen molar-refractivity contribution in [2.24, 2.45) is 0 Å². The van der Waals surface area contributed by atoms with Crippen molar-refractivity contribution in [3.63, 3.8) is 0 Å². The molecule has 0 spiro atoms. The number of amides is 1. The average molecular weight is 425 g/mol. The molecule has 0 bridgehead atoms. The number of anilines is 1. The number of alkyl halides is 2. The highest BCUT2D eigenvalue weighted by atomic mass is 19.3. The van der Waals surface area contributed by atoms with Crippen LogP contribution in [0.1, 0.15) is 5.56 Å². The highest BCUT2D eigenvalue weighted by molar-refractivity contribution is 5.94. The number of ether oxygens (including phenoxy) is 3. The van der Waals surface area contributed by atoms with Gasteiger partial charge < -0.3 is 19.5 Å². The summed E-state index contributed by atoms with van der Waals surface area (Å²) in [6.45, 7) is -2.75.